The van der Waals surface area contributed by atoms with Crippen molar-refractivity contribution in [1.82, 2.24) is 14.5 Å². The summed E-state index contributed by atoms with van der Waals surface area (Å²) >= 11 is 0. The van der Waals surface area contributed by atoms with Gasteiger partial charge in [0.15, 0.2) is 0 Å². The van der Waals surface area contributed by atoms with Gasteiger partial charge in [0.25, 0.3) is 0 Å². The summed E-state index contributed by atoms with van der Waals surface area (Å²) < 4.78 is 2.38. The largest absolute Gasteiger partial charge is 0.327 e. The molecule has 3 nitrogen and oxygen atoms in total. The molecule has 3 heteroatoms. The fraction of sp³-hybridized carbons (Fsp3) is 0.533. The lowest BCUT2D eigenvalue weighted by Crippen LogP contribution is -2.39. The average Bonchev–Trinajstić information content (AvgIpc) is 2.69. The number of benzene rings is 1. The van der Waals surface area contributed by atoms with Crippen molar-refractivity contribution in [1.29, 1.82) is 0 Å². The minimum absolute atomic E-state index is 0.662. The van der Waals surface area contributed by atoms with Gasteiger partial charge in [0.1, 0.15) is 5.82 Å². The van der Waals surface area contributed by atoms with Gasteiger partial charge in [0.2, 0.25) is 0 Å². The summed E-state index contributed by atoms with van der Waals surface area (Å²) in [5, 5.41) is 0. The summed E-state index contributed by atoms with van der Waals surface area (Å²) in [4.78, 5) is 7.15. The van der Waals surface area contributed by atoms with Crippen molar-refractivity contribution < 1.29 is 0 Å². The summed E-state index contributed by atoms with van der Waals surface area (Å²) in [5.41, 5.74) is 2.39. The van der Waals surface area contributed by atoms with Gasteiger partial charge in [-0.2, -0.15) is 0 Å². The van der Waals surface area contributed by atoms with Crippen LogP contribution in [0.2, 0.25) is 0 Å². The smallest absolute Gasteiger partial charge is 0.106 e. The zero-order valence-electron chi connectivity index (χ0n) is 11.3. The Hall–Kier alpha value is -1.35. The van der Waals surface area contributed by atoms with Crippen LogP contribution in [0.5, 0.6) is 0 Å². The van der Waals surface area contributed by atoms with Crippen LogP contribution in [0.3, 0.4) is 0 Å². The quantitative estimate of drug-likeness (QED) is 0.808. The molecule has 1 atom stereocenters. The Kier molecular flexibility index (Phi) is 3.08. The van der Waals surface area contributed by atoms with Crippen LogP contribution < -0.4 is 0 Å². The molecule has 0 spiro atoms. The van der Waals surface area contributed by atoms with Crippen molar-refractivity contribution in [2.24, 2.45) is 0 Å². The van der Waals surface area contributed by atoms with Crippen molar-refractivity contribution in [2.75, 3.05) is 13.6 Å². The van der Waals surface area contributed by atoms with Gasteiger partial charge in [0.05, 0.1) is 11.0 Å². The second-order valence-corrected chi connectivity index (χ2v) is 5.39. The molecule has 0 amide bonds. The van der Waals surface area contributed by atoms with Crippen LogP contribution in [-0.2, 0) is 6.54 Å². The van der Waals surface area contributed by atoms with Gasteiger partial charge in [-0.3, -0.25) is 0 Å². The fourth-order valence-corrected chi connectivity index (χ4v) is 3.01. The topological polar surface area (TPSA) is 21.1 Å². The van der Waals surface area contributed by atoms with Gasteiger partial charge in [0, 0.05) is 12.6 Å². The Bertz CT molecular complexity index is 544. The summed E-state index contributed by atoms with van der Waals surface area (Å²) in [6, 6.07) is 9.10. The molecule has 1 fully saturated rings. The summed E-state index contributed by atoms with van der Waals surface area (Å²) in [6.07, 6.45) is 4.01. The first-order valence-corrected chi connectivity index (χ1v) is 6.88. The van der Waals surface area contributed by atoms with Crippen molar-refractivity contribution in [3.8, 4) is 0 Å². The van der Waals surface area contributed by atoms with Crippen LogP contribution in [0.1, 0.15) is 25.1 Å². The van der Waals surface area contributed by atoms with E-state index in [0.717, 1.165) is 17.9 Å². The van der Waals surface area contributed by atoms with E-state index in [1.807, 2.05) is 0 Å². The number of imidazole rings is 1. The van der Waals surface area contributed by atoms with Gasteiger partial charge < -0.3 is 9.47 Å². The van der Waals surface area contributed by atoms with Crippen LogP contribution >= 0.6 is 0 Å². The van der Waals surface area contributed by atoms with Gasteiger partial charge in [-0.1, -0.05) is 18.6 Å². The van der Waals surface area contributed by atoms with E-state index in [1.165, 1.54) is 31.3 Å². The molecule has 0 aliphatic carbocycles. The first kappa shape index (κ1) is 11.7. The average molecular weight is 243 g/mol. The molecule has 18 heavy (non-hydrogen) atoms. The molecule has 1 aliphatic heterocycles. The third-order valence-electron chi connectivity index (χ3n) is 4.16. The standard InChI is InChI=1S/C15H21N3/c1-12-16-14-8-3-4-9-15(14)18(12)11-13-7-5-6-10-17(13)2/h3-4,8-9,13H,5-7,10-11H2,1-2H3. The normalized spacial score (nSPS) is 21.6. The van der Waals surface area contributed by atoms with Crippen molar-refractivity contribution >= 4 is 11.0 Å². The van der Waals surface area contributed by atoms with Crippen LogP contribution in [0.15, 0.2) is 24.3 Å². The summed E-state index contributed by atoms with van der Waals surface area (Å²) in [7, 11) is 2.25. The van der Waals surface area contributed by atoms with Crippen molar-refractivity contribution in [3.63, 3.8) is 0 Å². The number of nitrogens with zero attached hydrogens (tertiary/aromatic N) is 3. The minimum Gasteiger partial charge on any atom is -0.327 e. The maximum absolute atomic E-state index is 4.65. The van der Waals surface area contributed by atoms with E-state index in [9.17, 15) is 0 Å². The number of aryl methyl sites for hydroxylation is 1. The predicted octanol–water partition coefficient (Wildman–Crippen LogP) is 2.83. The monoisotopic (exact) mass is 243 g/mol. The molecule has 0 bridgehead atoms. The molecule has 0 radical (unpaired) electrons. The van der Waals surface area contributed by atoms with E-state index >= 15 is 0 Å². The third-order valence-corrected chi connectivity index (χ3v) is 4.16. The maximum atomic E-state index is 4.65. The molecule has 1 aromatic carbocycles. The number of likely N-dealkylation sites (N-methyl/N-ethyl adjacent to an activating group) is 1. The molecular weight excluding hydrogens is 222 g/mol. The molecule has 2 aromatic rings. The highest BCUT2D eigenvalue weighted by Gasteiger charge is 2.20. The first-order valence-electron chi connectivity index (χ1n) is 6.88. The zero-order chi connectivity index (χ0) is 12.5. The van der Waals surface area contributed by atoms with Gasteiger partial charge in [-0.15, -0.1) is 0 Å². The molecule has 2 heterocycles. The number of hydrogen-bond acceptors (Lipinski definition) is 2. The molecule has 1 saturated heterocycles. The first-order chi connectivity index (χ1) is 8.75. The fourth-order valence-electron chi connectivity index (χ4n) is 3.01. The molecule has 0 N–H and O–H groups in total. The van der Waals surface area contributed by atoms with Crippen LogP contribution in [0, 0.1) is 6.92 Å². The van der Waals surface area contributed by atoms with Crippen molar-refractivity contribution in [2.45, 2.75) is 38.8 Å². The number of rotatable bonds is 2. The maximum Gasteiger partial charge on any atom is 0.106 e. The minimum atomic E-state index is 0.662. The predicted molar refractivity (Wildman–Crippen MR) is 74.7 cm³/mol. The Morgan fingerprint density at radius 3 is 2.94 bits per heavy atom. The summed E-state index contributed by atoms with van der Waals surface area (Å²) in [5.74, 6) is 1.13. The van der Waals surface area contributed by atoms with Crippen LogP contribution in [0.4, 0.5) is 0 Å². The highest BCUT2D eigenvalue weighted by atomic mass is 15.2. The second-order valence-electron chi connectivity index (χ2n) is 5.39. The number of aromatic nitrogens is 2. The Balaban J connectivity index is 1.92. The zero-order valence-corrected chi connectivity index (χ0v) is 11.3. The molecule has 1 aliphatic rings. The van der Waals surface area contributed by atoms with Gasteiger partial charge in [-0.05, 0) is 45.5 Å². The highest BCUT2D eigenvalue weighted by molar-refractivity contribution is 5.75. The van der Waals surface area contributed by atoms with Gasteiger partial charge >= 0.3 is 0 Å². The highest BCUT2D eigenvalue weighted by Crippen LogP contribution is 2.21. The molecular formula is C15H21N3. The number of piperidine rings is 1. The van der Waals surface area contributed by atoms with Crippen molar-refractivity contribution in [3.05, 3.63) is 30.1 Å². The van der Waals surface area contributed by atoms with Gasteiger partial charge in [-0.25, -0.2) is 4.98 Å². The third kappa shape index (κ3) is 2.03. The Morgan fingerprint density at radius 2 is 2.11 bits per heavy atom. The number of likely N-dealkylation sites (tertiary alicyclic amines) is 1. The number of para-hydroxylation sites is 2. The Morgan fingerprint density at radius 1 is 1.28 bits per heavy atom. The van der Waals surface area contributed by atoms with Crippen LogP contribution in [0.25, 0.3) is 11.0 Å². The van der Waals surface area contributed by atoms with E-state index in [1.54, 1.807) is 0 Å². The lowest BCUT2D eigenvalue weighted by molar-refractivity contribution is 0.168. The molecule has 1 unspecified atom stereocenters. The summed E-state index contributed by atoms with van der Waals surface area (Å²) in [6.45, 7) is 4.42. The Labute approximate surface area is 108 Å². The lowest BCUT2D eigenvalue weighted by Gasteiger charge is -2.33. The van der Waals surface area contributed by atoms with Crippen LogP contribution in [-0.4, -0.2) is 34.1 Å². The molecule has 1 aromatic heterocycles. The van der Waals surface area contributed by atoms with E-state index in [4.69, 9.17) is 0 Å². The second kappa shape index (κ2) is 4.73. The molecule has 0 saturated carbocycles. The SMILES string of the molecule is Cc1nc2ccccc2n1CC1CCCCN1C. The van der Waals surface area contributed by atoms with E-state index in [-0.39, 0.29) is 0 Å². The number of fused-ring (bicyclic) bond motifs is 1. The van der Waals surface area contributed by atoms with E-state index in [0.29, 0.717) is 6.04 Å². The molecule has 96 valence electrons. The molecule has 3 rings (SSSR count). The number of hydrogen-bond donors (Lipinski definition) is 0. The van der Waals surface area contributed by atoms with E-state index in [2.05, 4.69) is 52.7 Å². The van der Waals surface area contributed by atoms with E-state index < -0.39 is 0 Å². The lowest BCUT2D eigenvalue weighted by atomic mass is 10.0.